The number of nitrogens with zero attached hydrogens (tertiary/aromatic N) is 3. The van der Waals surface area contributed by atoms with Gasteiger partial charge in [-0.25, -0.2) is 4.98 Å². The van der Waals surface area contributed by atoms with Crippen LogP contribution in [0.4, 0.5) is 0 Å². The van der Waals surface area contributed by atoms with E-state index in [1.807, 2.05) is 18.2 Å². The summed E-state index contributed by atoms with van der Waals surface area (Å²) in [6.45, 7) is 9.76. The third-order valence-electron chi connectivity index (χ3n) is 6.65. The summed E-state index contributed by atoms with van der Waals surface area (Å²) in [4.78, 5) is 11.6. The number of piperidine rings is 1. The molecule has 31 heavy (non-hydrogen) atoms. The Morgan fingerprint density at radius 3 is 2.87 bits per heavy atom. The molecule has 1 aliphatic rings. The third kappa shape index (κ3) is 6.75. The standard InChI is InChI=1S/C26H39N3O2/c1-4-6-7-8-9-15-29-16-13-21(20(5-2)19-29)17-23(30)18-22-12-14-27-24-10-11-25(31-3)28-26(22)24/h5,10-12,14,20-21,23,30H,2,4,6-9,13,15-19H2,1,3H3/t20-,21?,23-/m1/s1. The highest BCUT2D eigenvalue weighted by molar-refractivity contribution is 5.78. The fourth-order valence-electron chi connectivity index (χ4n) is 4.83. The maximum absolute atomic E-state index is 10.9. The minimum Gasteiger partial charge on any atom is -0.481 e. The van der Waals surface area contributed by atoms with Crippen LogP contribution in [0.2, 0.25) is 0 Å². The molecular formula is C26H39N3O2. The highest BCUT2D eigenvalue weighted by Crippen LogP contribution is 2.30. The van der Waals surface area contributed by atoms with E-state index in [2.05, 4.69) is 34.4 Å². The number of aliphatic hydroxyl groups excluding tert-OH is 1. The second kappa shape index (κ2) is 12.2. The number of pyridine rings is 2. The van der Waals surface area contributed by atoms with Crippen molar-refractivity contribution in [2.24, 2.45) is 11.8 Å². The molecule has 3 heterocycles. The van der Waals surface area contributed by atoms with E-state index < -0.39 is 6.10 Å². The molecule has 0 radical (unpaired) electrons. The number of rotatable bonds is 12. The second-order valence-electron chi connectivity index (χ2n) is 8.95. The van der Waals surface area contributed by atoms with E-state index in [1.165, 1.54) is 38.6 Å². The lowest BCUT2D eigenvalue weighted by atomic mass is 9.81. The van der Waals surface area contributed by atoms with E-state index in [0.717, 1.165) is 42.5 Å². The molecule has 3 rings (SSSR count). The van der Waals surface area contributed by atoms with Crippen LogP contribution in [0.5, 0.6) is 5.88 Å². The molecule has 0 aliphatic carbocycles. The summed E-state index contributed by atoms with van der Waals surface area (Å²) < 4.78 is 5.27. The van der Waals surface area contributed by atoms with Crippen LogP contribution in [0.1, 0.15) is 57.4 Å². The maximum Gasteiger partial charge on any atom is 0.213 e. The molecular weight excluding hydrogens is 386 g/mol. The van der Waals surface area contributed by atoms with Crippen LogP contribution in [-0.2, 0) is 6.42 Å². The van der Waals surface area contributed by atoms with Crippen molar-refractivity contribution >= 4 is 11.0 Å². The molecule has 2 aromatic heterocycles. The molecule has 0 bridgehead atoms. The van der Waals surface area contributed by atoms with Gasteiger partial charge in [-0.1, -0.05) is 38.7 Å². The third-order valence-corrected chi connectivity index (χ3v) is 6.65. The van der Waals surface area contributed by atoms with Crippen LogP contribution >= 0.6 is 0 Å². The van der Waals surface area contributed by atoms with Gasteiger partial charge in [0.25, 0.3) is 0 Å². The number of aromatic nitrogens is 2. The van der Waals surface area contributed by atoms with Crippen LogP contribution in [-0.4, -0.2) is 52.8 Å². The molecule has 1 unspecified atom stereocenters. The van der Waals surface area contributed by atoms with E-state index in [-0.39, 0.29) is 0 Å². The van der Waals surface area contributed by atoms with Crippen molar-refractivity contribution in [3.8, 4) is 5.88 Å². The van der Waals surface area contributed by atoms with Gasteiger partial charge in [0.15, 0.2) is 0 Å². The number of unbranched alkanes of at least 4 members (excludes halogenated alkanes) is 4. The Hall–Kier alpha value is -1.98. The van der Waals surface area contributed by atoms with E-state index in [0.29, 0.717) is 24.1 Å². The first-order chi connectivity index (χ1) is 15.1. The largest absolute Gasteiger partial charge is 0.481 e. The first kappa shape index (κ1) is 23.7. The van der Waals surface area contributed by atoms with Crippen molar-refractivity contribution < 1.29 is 9.84 Å². The Kier molecular flexibility index (Phi) is 9.29. The zero-order chi connectivity index (χ0) is 22.1. The average Bonchev–Trinajstić information content (AvgIpc) is 2.79. The Balaban J connectivity index is 1.54. The molecule has 0 aromatic carbocycles. The number of likely N-dealkylation sites (tertiary alicyclic amines) is 1. The van der Waals surface area contributed by atoms with Gasteiger partial charge in [-0.3, -0.25) is 4.98 Å². The van der Waals surface area contributed by atoms with Gasteiger partial charge >= 0.3 is 0 Å². The first-order valence-electron chi connectivity index (χ1n) is 12.0. The van der Waals surface area contributed by atoms with Gasteiger partial charge in [-0.2, -0.15) is 0 Å². The Morgan fingerprint density at radius 1 is 1.26 bits per heavy atom. The first-order valence-corrected chi connectivity index (χ1v) is 12.0. The van der Waals surface area contributed by atoms with Gasteiger partial charge in [-0.15, -0.1) is 6.58 Å². The molecule has 0 spiro atoms. The van der Waals surface area contributed by atoms with Gasteiger partial charge < -0.3 is 14.7 Å². The highest BCUT2D eigenvalue weighted by Gasteiger charge is 2.29. The summed E-state index contributed by atoms with van der Waals surface area (Å²) in [5, 5.41) is 10.9. The van der Waals surface area contributed by atoms with Crippen molar-refractivity contribution in [1.29, 1.82) is 0 Å². The molecule has 3 atom stereocenters. The summed E-state index contributed by atoms with van der Waals surface area (Å²) in [6.07, 6.45) is 12.7. The summed E-state index contributed by atoms with van der Waals surface area (Å²) in [5.74, 6) is 1.51. The number of fused-ring (bicyclic) bond motifs is 1. The van der Waals surface area contributed by atoms with Gasteiger partial charge in [0.2, 0.25) is 5.88 Å². The Bertz CT molecular complexity index is 825. The fraction of sp³-hybridized carbons (Fsp3) is 0.615. The summed E-state index contributed by atoms with van der Waals surface area (Å²) in [6, 6.07) is 5.70. The van der Waals surface area contributed by atoms with E-state index in [9.17, 15) is 5.11 Å². The Morgan fingerprint density at radius 2 is 2.10 bits per heavy atom. The van der Waals surface area contributed by atoms with Crippen molar-refractivity contribution in [3.63, 3.8) is 0 Å². The molecule has 5 heteroatoms. The average molecular weight is 426 g/mol. The van der Waals surface area contributed by atoms with Gasteiger partial charge in [0.1, 0.15) is 0 Å². The number of aliphatic hydroxyl groups is 1. The lowest BCUT2D eigenvalue weighted by molar-refractivity contribution is 0.0839. The van der Waals surface area contributed by atoms with E-state index in [1.54, 1.807) is 13.3 Å². The zero-order valence-corrected chi connectivity index (χ0v) is 19.3. The van der Waals surface area contributed by atoms with Gasteiger partial charge in [-0.05, 0) is 61.9 Å². The number of hydrogen-bond acceptors (Lipinski definition) is 5. The van der Waals surface area contributed by atoms with Crippen LogP contribution in [0.3, 0.4) is 0 Å². The second-order valence-corrected chi connectivity index (χ2v) is 8.95. The van der Waals surface area contributed by atoms with E-state index in [4.69, 9.17) is 4.74 Å². The van der Waals surface area contributed by atoms with Crippen LogP contribution in [0, 0.1) is 11.8 Å². The maximum atomic E-state index is 10.9. The molecule has 1 aliphatic heterocycles. The lowest BCUT2D eigenvalue weighted by Gasteiger charge is -2.38. The molecule has 170 valence electrons. The summed E-state index contributed by atoms with van der Waals surface area (Å²) in [5.41, 5.74) is 2.68. The number of methoxy groups -OCH3 is 1. The normalized spacial score (nSPS) is 20.6. The predicted molar refractivity (Wildman–Crippen MR) is 127 cm³/mol. The monoisotopic (exact) mass is 425 g/mol. The molecule has 0 amide bonds. The van der Waals surface area contributed by atoms with Crippen molar-refractivity contribution in [2.45, 2.75) is 64.4 Å². The van der Waals surface area contributed by atoms with Crippen LogP contribution in [0.25, 0.3) is 11.0 Å². The topological polar surface area (TPSA) is 58.5 Å². The van der Waals surface area contributed by atoms with Gasteiger partial charge in [0, 0.05) is 25.2 Å². The zero-order valence-electron chi connectivity index (χ0n) is 19.3. The summed E-state index contributed by atoms with van der Waals surface area (Å²) >= 11 is 0. The number of ether oxygens (including phenoxy) is 1. The molecule has 0 saturated carbocycles. The van der Waals surface area contributed by atoms with Crippen molar-refractivity contribution in [3.05, 3.63) is 42.6 Å². The Labute approximate surface area is 187 Å². The van der Waals surface area contributed by atoms with Crippen LogP contribution in [0.15, 0.2) is 37.1 Å². The minimum absolute atomic E-state index is 0.397. The molecule has 1 N–H and O–H groups in total. The molecule has 1 saturated heterocycles. The highest BCUT2D eigenvalue weighted by atomic mass is 16.5. The SMILES string of the molecule is C=C[C@@H]1CN(CCCCCCC)CCC1C[C@@H](O)Cc1ccnc2ccc(OC)nc12. The fourth-order valence-corrected chi connectivity index (χ4v) is 4.83. The predicted octanol–water partition coefficient (Wildman–Crippen LogP) is 5.03. The van der Waals surface area contributed by atoms with Crippen molar-refractivity contribution in [2.75, 3.05) is 26.7 Å². The lowest BCUT2D eigenvalue weighted by Crippen LogP contribution is -2.41. The van der Waals surface area contributed by atoms with Crippen molar-refractivity contribution in [1.82, 2.24) is 14.9 Å². The van der Waals surface area contributed by atoms with Crippen LogP contribution < -0.4 is 4.74 Å². The minimum atomic E-state index is -0.397. The quantitative estimate of drug-likeness (QED) is 0.382. The number of hydrogen-bond donors (Lipinski definition) is 1. The summed E-state index contributed by atoms with van der Waals surface area (Å²) in [7, 11) is 1.62. The molecule has 1 fully saturated rings. The van der Waals surface area contributed by atoms with E-state index >= 15 is 0 Å². The molecule has 2 aromatic rings. The smallest absolute Gasteiger partial charge is 0.213 e. The molecule has 5 nitrogen and oxygen atoms in total. The van der Waals surface area contributed by atoms with Gasteiger partial charge in [0.05, 0.1) is 24.2 Å².